The fourth-order valence-corrected chi connectivity index (χ4v) is 4.01. The van der Waals surface area contributed by atoms with Crippen molar-refractivity contribution in [1.29, 1.82) is 0 Å². The number of benzene rings is 2. The molecule has 10 heteroatoms. The van der Waals surface area contributed by atoms with Gasteiger partial charge in [0.25, 0.3) is 0 Å². The molecule has 5 aromatic rings. The largest absolute Gasteiger partial charge is 0.378 e. The molecular formula is C23H21FN8O. The number of halogens is 1. The van der Waals surface area contributed by atoms with E-state index in [4.69, 9.17) is 14.7 Å². The van der Waals surface area contributed by atoms with Crippen molar-refractivity contribution >= 4 is 28.6 Å². The molecule has 2 N–H and O–H groups in total. The Morgan fingerprint density at radius 3 is 2.64 bits per heavy atom. The summed E-state index contributed by atoms with van der Waals surface area (Å²) in [4.78, 5) is 19.5. The van der Waals surface area contributed by atoms with Crippen LogP contribution in [0.2, 0.25) is 0 Å². The molecule has 0 radical (unpaired) electrons. The second-order valence-corrected chi connectivity index (χ2v) is 7.77. The van der Waals surface area contributed by atoms with E-state index >= 15 is 0 Å². The van der Waals surface area contributed by atoms with E-state index in [-0.39, 0.29) is 5.82 Å². The summed E-state index contributed by atoms with van der Waals surface area (Å²) in [5.74, 6) is 1.51. The topological polar surface area (TPSA) is 96.3 Å². The van der Waals surface area contributed by atoms with Crippen LogP contribution in [0, 0.1) is 5.82 Å². The maximum Gasteiger partial charge on any atom is 0.230 e. The van der Waals surface area contributed by atoms with Gasteiger partial charge >= 0.3 is 0 Å². The Bertz CT molecular complexity index is 1410. The normalized spacial score (nSPS) is 14.3. The molecule has 0 atom stereocenters. The first kappa shape index (κ1) is 19.6. The molecule has 33 heavy (non-hydrogen) atoms. The molecule has 1 aliphatic heterocycles. The van der Waals surface area contributed by atoms with Crippen LogP contribution in [0.25, 0.3) is 27.8 Å². The number of fused-ring (bicyclic) bond motifs is 2. The van der Waals surface area contributed by atoms with Crippen LogP contribution >= 0.6 is 0 Å². The molecular weight excluding hydrogens is 423 g/mol. The van der Waals surface area contributed by atoms with Gasteiger partial charge in [0.15, 0.2) is 5.65 Å². The van der Waals surface area contributed by atoms with E-state index in [9.17, 15) is 4.39 Å². The van der Waals surface area contributed by atoms with E-state index in [1.54, 1.807) is 28.9 Å². The predicted molar refractivity (Wildman–Crippen MR) is 123 cm³/mol. The molecule has 0 unspecified atom stereocenters. The highest BCUT2D eigenvalue weighted by molar-refractivity contribution is 5.79. The number of hydrogen-bond acceptors (Lipinski definition) is 7. The Morgan fingerprint density at radius 1 is 0.970 bits per heavy atom. The maximum absolute atomic E-state index is 14.6. The highest BCUT2D eigenvalue weighted by Crippen LogP contribution is 2.28. The first-order valence-corrected chi connectivity index (χ1v) is 10.8. The summed E-state index contributed by atoms with van der Waals surface area (Å²) in [5.41, 5.74) is 3.46. The molecule has 1 saturated heterocycles. The summed E-state index contributed by atoms with van der Waals surface area (Å²) in [6.45, 7) is 2.99. The van der Waals surface area contributed by atoms with E-state index < -0.39 is 0 Å². The number of para-hydroxylation sites is 2. The quantitative estimate of drug-likeness (QED) is 0.430. The third-order valence-corrected chi connectivity index (χ3v) is 5.67. The van der Waals surface area contributed by atoms with Gasteiger partial charge in [0.05, 0.1) is 37.0 Å². The van der Waals surface area contributed by atoms with Crippen LogP contribution < -0.4 is 10.2 Å². The van der Waals surface area contributed by atoms with E-state index in [2.05, 4.69) is 25.3 Å². The molecule has 1 aliphatic rings. The van der Waals surface area contributed by atoms with Crippen LogP contribution in [0.15, 0.2) is 54.7 Å². The molecule has 4 heterocycles. The van der Waals surface area contributed by atoms with Crippen molar-refractivity contribution in [3.05, 3.63) is 66.4 Å². The molecule has 166 valence electrons. The molecule has 0 spiro atoms. The maximum atomic E-state index is 14.6. The standard InChI is InChI=1S/C23H21FN8O/c24-17-6-2-1-5-15(17)16-13-26-32-21(16)29-23(31-9-11-33-12-10-31)30-22(32)25-14-20-27-18-7-3-4-8-19(18)28-20/h1-8,13H,9-12,14H2,(H,27,28)(H,25,29,30). The predicted octanol–water partition coefficient (Wildman–Crippen LogP) is 3.26. The summed E-state index contributed by atoms with van der Waals surface area (Å²) < 4.78 is 21.7. The zero-order chi connectivity index (χ0) is 22.2. The smallest absolute Gasteiger partial charge is 0.230 e. The number of imidazole rings is 1. The van der Waals surface area contributed by atoms with Gasteiger partial charge in [-0.2, -0.15) is 19.6 Å². The molecule has 6 rings (SSSR count). The van der Waals surface area contributed by atoms with Crippen molar-refractivity contribution < 1.29 is 9.13 Å². The summed E-state index contributed by atoms with van der Waals surface area (Å²) in [5, 5.41) is 7.79. The number of aromatic nitrogens is 6. The first-order chi connectivity index (χ1) is 16.3. The number of hydrogen-bond donors (Lipinski definition) is 2. The molecule has 0 saturated carbocycles. The third kappa shape index (κ3) is 3.64. The Kier molecular flexibility index (Phi) is 4.84. The number of H-pyrrole nitrogens is 1. The van der Waals surface area contributed by atoms with Crippen LogP contribution in [-0.4, -0.2) is 55.9 Å². The van der Waals surface area contributed by atoms with Crippen LogP contribution in [-0.2, 0) is 11.3 Å². The minimum absolute atomic E-state index is 0.323. The SMILES string of the molecule is Fc1ccccc1-c1cnn2c(NCc3nc4ccccc4[nH]3)nc(N3CCOCC3)nc12. The lowest BCUT2D eigenvalue weighted by atomic mass is 10.1. The summed E-state index contributed by atoms with van der Waals surface area (Å²) >= 11 is 0. The number of nitrogens with one attached hydrogen (secondary N) is 2. The third-order valence-electron chi connectivity index (χ3n) is 5.67. The molecule has 0 amide bonds. The monoisotopic (exact) mass is 444 g/mol. The Hall–Kier alpha value is -4.05. The molecule has 2 aromatic carbocycles. The highest BCUT2D eigenvalue weighted by Gasteiger charge is 2.21. The lowest BCUT2D eigenvalue weighted by Gasteiger charge is -2.27. The van der Waals surface area contributed by atoms with E-state index in [1.165, 1.54) is 6.07 Å². The number of rotatable bonds is 5. The number of nitrogens with zero attached hydrogens (tertiary/aromatic N) is 6. The van der Waals surface area contributed by atoms with Gasteiger partial charge in [0.1, 0.15) is 11.6 Å². The Balaban J connectivity index is 1.41. The number of ether oxygens (including phenoxy) is 1. The average Bonchev–Trinajstić information content (AvgIpc) is 3.47. The van der Waals surface area contributed by atoms with Crippen molar-refractivity contribution in [1.82, 2.24) is 29.5 Å². The van der Waals surface area contributed by atoms with Crippen molar-refractivity contribution in [3.8, 4) is 11.1 Å². The molecule has 0 bridgehead atoms. The average molecular weight is 444 g/mol. The minimum atomic E-state index is -0.323. The van der Waals surface area contributed by atoms with Gasteiger partial charge in [-0.1, -0.05) is 30.3 Å². The van der Waals surface area contributed by atoms with Crippen LogP contribution in [0.4, 0.5) is 16.3 Å². The van der Waals surface area contributed by atoms with Crippen molar-refractivity contribution in [2.75, 3.05) is 36.5 Å². The summed E-state index contributed by atoms with van der Waals surface area (Å²) in [7, 11) is 0. The van der Waals surface area contributed by atoms with Gasteiger partial charge in [0, 0.05) is 24.2 Å². The highest BCUT2D eigenvalue weighted by atomic mass is 19.1. The molecule has 9 nitrogen and oxygen atoms in total. The van der Waals surface area contributed by atoms with Gasteiger partial charge in [-0.05, 0) is 18.2 Å². The van der Waals surface area contributed by atoms with E-state index in [1.807, 2.05) is 24.3 Å². The molecule has 0 aliphatic carbocycles. The number of morpholine rings is 1. The lowest BCUT2D eigenvalue weighted by molar-refractivity contribution is 0.122. The van der Waals surface area contributed by atoms with Crippen LogP contribution in [0.5, 0.6) is 0 Å². The summed E-state index contributed by atoms with van der Waals surface area (Å²) in [6, 6.07) is 14.5. The van der Waals surface area contributed by atoms with Gasteiger partial charge < -0.3 is 19.9 Å². The van der Waals surface area contributed by atoms with Gasteiger partial charge in [-0.25, -0.2) is 9.37 Å². The van der Waals surface area contributed by atoms with Crippen molar-refractivity contribution in [2.45, 2.75) is 6.54 Å². The van der Waals surface area contributed by atoms with Gasteiger partial charge in [0.2, 0.25) is 11.9 Å². The zero-order valence-corrected chi connectivity index (χ0v) is 17.7. The Morgan fingerprint density at radius 2 is 1.79 bits per heavy atom. The fourth-order valence-electron chi connectivity index (χ4n) is 4.01. The zero-order valence-electron chi connectivity index (χ0n) is 17.7. The van der Waals surface area contributed by atoms with E-state index in [0.29, 0.717) is 61.5 Å². The molecule has 1 fully saturated rings. The second-order valence-electron chi connectivity index (χ2n) is 7.77. The number of aromatic amines is 1. The van der Waals surface area contributed by atoms with Gasteiger partial charge in [-0.15, -0.1) is 0 Å². The minimum Gasteiger partial charge on any atom is -0.378 e. The van der Waals surface area contributed by atoms with Crippen LogP contribution in [0.1, 0.15) is 5.82 Å². The first-order valence-electron chi connectivity index (χ1n) is 10.8. The van der Waals surface area contributed by atoms with Crippen molar-refractivity contribution in [2.24, 2.45) is 0 Å². The Labute approximate surface area is 188 Å². The van der Waals surface area contributed by atoms with Crippen molar-refractivity contribution in [3.63, 3.8) is 0 Å². The summed E-state index contributed by atoms with van der Waals surface area (Å²) in [6.07, 6.45) is 1.62. The molecule has 3 aromatic heterocycles. The van der Waals surface area contributed by atoms with Crippen LogP contribution in [0.3, 0.4) is 0 Å². The van der Waals surface area contributed by atoms with E-state index in [0.717, 1.165) is 16.9 Å². The fraction of sp³-hybridized carbons (Fsp3) is 0.217. The lowest BCUT2D eigenvalue weighted by Crippen LogP contribution is -2.37. The number of anilines is 2. The second kappa shape index (κ2) is 8.14. The van der Waals surface area contributed by atoms with Gasteiger partial charge in [-0.3, -0.25) is 0 Å².